The lowest BCUT2D eigenvalue weighted by Gasteiger charge is -2.13. The molecule has 0 aromatic heterocycles. The third kappa shape index (κ3) is 5.38. The highest BCUT2D eigenvalue weighted by molar-refractivity contribution is 5.68. The monoisotopic (exact) mass is 235 g/mol. The number of unbranched alkanes of at least 4 members (excludes halogenated alkanes) is 1. The van der Waals surface area contributed by atoms with Crippen LogP contribution in [0.5, 0.6) is 0 Å². The average molecular weight is 235 g/mol. The zero-order valence-corrected chi connectivity index (χ0v) is 10.6. The summed E-state index contributed by atoms with van der Waals surface area (Å²) in [5, 5.41) is 11.8. The smallest absolute Gasteiger partial charge is 0.305 e. The summed E-state index contributed by atoms with van der Waals surface area (Å²) in [6.07, 6.45) is 3.66. The van der Waals surface area contributed by atoms with Crippen LogP contribution in [0.25, 0.3) is 0 Å². The molecule has 1 atom stereocenters. The summed E-state index contributed by atoms with van der Waals surface area (Å²) >= 11 is 0. The first-order chi connectivity index (χ1) is 8.11. The number of hydrogen-bond acceptors (Lipinski definition) is 2. The molecule has 17 heavy (non-hydrogen) atoms. The van der Waals surface area contributed by atoms with Crippen molar-refractivity contribution in [1.29, 1.82) is 0 Å². The van der Waals surface area contributed by atoms with Gasteiger partial charge in [0.15, 0.2) is 0 Å². The maximum absolute atomic E-state index is 10.5. The number of hydrogen-bond donors (Lipinski definition) is 2. The number of carbonyl (C=O) groups is 1. The molecule has 0 amide bonds. The second kappa shape index (κ2) is 6.94. The van der Waals surface area contributed by atoms with Gasteiger partial charge in [-0.3, -0.25) is 4.79 Å². The van der Waals surface area contributed by atoms with Crippen LogP contribution in [0.4, 0.5) is 5.69 Å². The molecule has 1 rings (SSSR count). The molecule has 3 heteroatoms. The van der Waals surface area contributed by atoms with Gasteiger partial charge < -0.3 is 10.4 Å². The van der Waals surface area contributed by atoms with Crippen molar-refractivity contribution in [2.24, 2.45) is 0 Å². The summed E-state index contributed by atoms with van der Waals surface area (Å²) in [7, 11) is 0. The van der Waals surface area contributed by atoms with E-state index in [1.54, 1.807) is 0 Å². The summed E-state index contributed by atoms with van der Waals surface area (Å²) in [4.78, 5) is 10.5. The Labute approximate surface area is 103 Å². The fraction of sp³-hybridized carbons (Fsp3) is 0.500. The predicted molar refractivity (Wildman–Crippen MR) is 70.4 cm³/mol. The van der Waals surface area contributed by atoms with Crippen molar-refractivity contribution in [1.82, 2.24) is 0 Å². The van der Waals surface area contributed by atoms with Crippen LogP contribution >= 0.6 is 0 Å². The lowest BCUT2D eigenvalue weighted by molar-refractivity contribution is -0.137. The molecule has 0 saturated carbocycles. The van der Waals surface area contributed by atoms with Gasteiger partial charge in [0.25, 0.3) is 0 Å². The van der Waals surface area contributed by atoms with Gasteiger partial charge in [-0.15, -0.1) is 0 Å². The number of rotatable bonds is 7. The Morgan fingerprint density at radius 2 is 2.00 bits per heavy atom. The van der Waals surface area contributed by atoms with Crippen LogP contribution in [0.15, 0.2) is 24.3 Å². The Morgan fingerprint density at radius 1 is 1.35 bits per heavy atom. The van der Waals surface area contributed by atoms with Crippen LogP contribution in [0.2, 0.25) is 0 Å². The van der Waals surface area contributed by atoms with Crippen LogP contribution < -0.4 is 5.32 Å². The molecule has 1 unspecified atom stereocenters. The minimum atomic E-state index is -0.774. The quantitative estimate of drug-likeness (QED) is 0.762. The van der Waals surface area contributed by atoms with Gasteiger partial charge in [0.1, 0.15) is 0 Å². The SMILES string of the molecule is CCCCc1ccc(NC(C)CC(=O)O)cc1. The van der Waals surface area contributed by atoms with Crippen LogP contribution in [0, 0.1) is 0 Å². The lowest BCUT2D eigenvalue weighted by atomic mass is 10.1. The fourth-order valence-electron chi connectivity index (χ4n) is 1.75. The van der Waals surface area contributed by atoms with Gasteiger partial charge >= 0.3 is 5.97 Å². The van der Waals surface area contributed by atoms with E-state index in [9.17, 15) is 4.79 Å². The predicted octanol–water partition coefficient (Wildman–Crippen LogP) is 3.30. The first-order valence-corrected chi connectivity index (χ1v) is 6.19. The van der Waals surface area contributed by atoms with Crippen molar-refractivity contribution in [3.05, 3.63) is 29.8 Å². The molecule has 0 spiro atoms. The highest BCUT2D eigenvalue weighted by atomic mass is 16.4. The van der Waals surface area contributed by atoms with E-state index in [1.807, 2.05) is 19.1 Å². The van der Waals surface area contributed by atoms with E-state index >= 15 is 0 Å². The average Bonchev–Trinajstić information content (AvgIpc) is 2.27. The molecule has 0 aliphatic rings. The number of aryl methyl sites for hydroxylation is 1. The van der Waals surface area contributed by atoms with Crippen LogP contribution in [-0.2, 0) is 11.2 Å². The molecule has 1 aromatic rings. The summed E-state index contributed by atoms with van der Waals surface area (Å²) < 4.78 is 0. The van der Waals surface area contributed by atoms with E-state index < -0.39 is 5.97 Å². The topological polar surface area (TPSA) is 49.3 Å². The van der Waals surface area contributed by atoms with Gasteiger partial charge in [-0.2, -0.15) is 0 Å². The van der Waals surface area contributed by atoms with Crippen molar-refractivity contribution in [3.63, 3.8) is 0 Å². The zero-order valence-electron chi connectivity index (χ0n) is 10.6. The summed E-state index contributed by atoms with van der Waals surface area (Å²) in [6.45, 7) is 4.06. The molecule has 0 bridgehead atoms. The Morgan fingerprint density at radius 3 is 2.53 bits per heavy atom. The van der Waals surface area contributed by atoms with E-state index in [1.165, 1.54) is 18.4 Å². The largest absolute Gasteiger partial charge is 0.481 e. The number of nitrogens with one attached hydrogen (secondary N) is 1. The maximum Gasteiger partial charge on any atom is 0.305 e. The highest BCUT2D eigenvalue weighted by Crippen LogP contribution is 2.13. The molecule has 3 nitrogen and oxygen atoms in total. The Kier molecular flexibility index (Phi) is 5.53. The maximum atomic E-state index is 10.5. The molecule has 0 saturated heterocycles. The minimum Gasteiger partial charge on any atom is -0.481 e. The number of carboxylic acid groups (broad SMARTS) is 1. The van der Waals surface area contributed by atoms with E-state index in [2.05, 4.69) is 24.4 Å². The summed E-state index contributed by atoms with van der Waals surface area (Å²) in [5.41, 5.74) is 2.32. The minimum absolute atomic E-state index is 0.0472. The molecule has 0 aliphatic carbocycles. The molecular weight excluding hydrogens is 214 g/mol. The van der Waals surface area contributed by atoms with Gasteiger partial charge in [-0.1, -0.05) is 25.5 Å². The fourth-order valence-corrected chi connectivity index (χ4v) is 1.75. The number of carboxylic acids is 1. The Hall–Kier alpha value is -1.51. The van der Waals surface area contributed by atoms with E-state index in [0.29, 0.717) is 0 Å². The first kappa shape index (κ1) is 13.6. The van der Waals surface area contributed by atoms with Crippen LogP contribution in [0.3, 0.4) is 0 Å². The van der Waals surface area contributed by atoms with Crippen molar-refractivity contribution in [2.75, 3.05) is 5.32 Å². The number of aliphatic carboxylic acids is 1. The van der Waals surface area contributed by atoms with Gasteiger partial charge in [-0.25, -0.2) is 0 Å². The highest BCUT2D eigenvalue weighted by Gasteiger charge is 2.06. The van der Waals surface area contributed by atoms with Crippen molar-refractivity contribution in [2.45, 2.75) is 45.6 Å². The third-order valence-corrected chi connectivity index (χ3v) is 2.67. The molecule has 94 valence electrons. The molecule has 0 fully saturated rings. The van der Waals surface area contributed by atoms with Crippen molar-refractivity contribution in [3.8, 4) is 0 Å². The Balaban J connectivity index is 2.47. The van der Waals surface area contributed by atoms with E-state index in [4.69, 9.17) is 5.11 Å². The van der Waals surface area contributed by atoms with E-state index in [-0.39, 0.29) is 12.5 Å². The molecule has 1 aromatic carbocycles. The molecular formula is C14H21NO2. The number of benzene rings is 1. The van der Waals surface area contributed by atoms with Gasteiger partial charge in [0, 0.05) is 11.7 Å². The molecule has 0 radical (unpaired) electrons. The normalized spacial score (nSPS) is 12.1. The second-order valence-corrected chi connectivity index (χ2v) is 4.44. The third-order valence-electron chi connectivity index (χ3n) is 2.67. The van der Waals surface area contributed by atoms with Crippen molar-refractivity contribution < 1.29 is 9.90 Å². The molecule has 2 N–H and O–H groups in total. The Bertz CT molecular complexity index is 346. The van der Waals surface area contributed by atoms with Crippen LogP contribution in [-0.4, -0.2) is 17.1 Å². The van der Waals surface area contributed by atoms with Crippen LogP contribution in [0.1, 0.15) is 38.7 Å². The van der Waals surface area contributed by atoms with Crippen molar-refractivity contribution >= 4 is 11.7 Å². The summed E-state index contributed by atoms with van der Waals surface area (Å²) in [5.74, 6) is -0.774. The van der Waals surface area contributed by atoms with Gasteiger partial charge in [0.2, 0.25) is 0 Å². The summed E-state index contributed by atoms with van der Waals surface area (Å²) in [6, 6.07) is 8.19. The van der Waals surface area contributed by atoms with E-state index in [0.717, 1.165) is 12.1 Å². The second-order valence-electron chi connectivity index (χ2n) is 4.44. The molecule has 0 heterocycles. The lowest BCUT2D eigenvalue weighted by Crippen LogP contribution is -2.19. The van der Waals surface area contributed by atoms with Gasteiger partial charge in [-0.05, 0) is 37.5 Å². The number of anilines is 1. The standard InChI is InChI=1S/C14H21NO2/c1-3-4-5-12-6-8-13(9-7-12)15-11(2)10-14(16)17/h6-9,11,15H,3-5,10H2,1-2H3,(H,16,17). The zero-order chi connectivity index (χ0) is 12.7. The first-order valence-electron chi connectivity index (χ1n) is 6.19. The van der Waals surface area contributed by atoms with Gasteiger partial charge in [0.05, 0.1) is 6.42 Å². The molecule has 0 aliphatic heterocycles.